The highest BCUT2D eigenvalue weighted by atomic mass is 35.5. The topological polar surface area (TPSA) is 88.1 Å². The molecule has 2 amide bonds. The number of H-pyrrole nitrogens is 1. The molecule has 3 aromatic rings. The first-order chi connectivity index (χ1) is 11.4. The highest BCUT2D eigenvalue weighted by Gasteiger charge is 2.34. The predicted molar refractivity (Wildman–Crippen MR) is 88.2 cm³/mol. The van der Waals surface area contributed by atoms with Gasteiger partial charge in [0, 0.05) is 20.3 Å². The number of halogens is 1. The van der Waals surface area contributed by atoms with Crippen LogP contribution in [0.2, 0.25) is 5.02 Å². The van der Waals surface area contributed by atoms with Gasteiger partial charge in [0.1, 0.15) is 11.4 Å². The first-order valence-electron chi connectivity index (χ1n) is 7.10. The summed E-state index contributed by atoms with van der Waals surface area (Å²) in [5.41, 5.74) is 1.68. The smallest absolute Gasteiger partial charge is 0.261 e. The van der Waals surface area contributed by atoms with Crippen molar-refractivity contribution in [2.75, 3.05) is 7.05 Å². The first-order valence-corrected chi connectivity index (χ1v) is 7.48. The van der Waals surface area contributed by atoms with Crippen molar-refractivity contribution in [3.63, 3.8) is 0 Å². The van der Waals surface area contributed by atoms with Crippen molar-refractivity contribution >= 4 is 34.4 Å². The largest absolute Gasteiger partial charge is 0.328 e. The van der Waals surface area contributed by atoms with E-state index in [4.69, 9.17) is 11.6 Å². The first kappa shape index (κ1) is 14.6. The number of aryl methyl sites for hydroxylation is 1. The maximum absolute atomic E-state index is 12.1. The summed E-state index contributed by atoms with van der Waals surface area (Å²) >= 11 is 6.14. The Bertz CT molecular complexity index is 1110. The van der Waals surface area contributed by atoms with Crippen LogP contribution in [0.3, 0.4) is 0 Å². The van der Waals surface area contributed by atoms with Crippen LogP contribution in [0.4, 0.5) is 0 Å². The van der Waals surface area contributed by atoms with Crippen LogP contribution in [0.15, 0.2) is 29.2 Å². The van der Waals surface area contributed by atoms with E-state index >= 15 is 0 Å². The maximum Gasteiger partial charge on any atom is 0.261 e. The van der Waals surface area contributed by atoms with Gasteiger partial charge in [0.2, 0.25) is 0 Å². The van der Waals surface area contributed by atoms with Crippen LogP contribution in [0.1, 0.15) is 20.7 Å². The molecular weight excluding hydrogens is 332 g/mol. The van der Waals surface area contributed by atoms with Crippen LogP contribution < -0.4 is 5.56 Å². The van der Waals surface area contributed by atoms with Gasteiger partial charge in [0.15, 0.2) is 0 Å². The van der Waals surface area contributed by atoms with Crippen molar-refractivity contribution in [1.82, 2.24) is 19.4 Å². The number of imidazole rings is 1. The number of aromatic amines is 1. The van der Waals surface area contributed by atoms with Gasteiger partial charge < -0.3 is 9.55 Å². The van der Waals surface area contributed by atoms with Gasteiger partial charge in [0.05, 0.1) is 27.2 Å². The second-order valence-corrected chi connectivity index (χ2v) is 5.99. The number of carbonyl (C=O) groups excluding carboxylic acids is 2. The Hall–Kier alpha value is -2.93. The third-order valence-corrected chi connectivity index (χ3v) is 4.54. The van der Waals surface area contributed by atoms with Crippen molar-refractivity contribution in [1.29, 1.82) is 0 Å². The average Bonchev–Trinajstić information content (AvgIpc) is 2.97. The van der Waals surface area contributed by atoms with E-state index in [0.29, 0.717) is 28.0 Å². The SMILES string of the molecule is CN1C(=O)c2cc3nc(-c4c(Cl)cc[nH]c4=O)n(C)c3cc2C1=O. The van der Waals surface area contributed by atoms with Gasteiger partial charge in [-0.1, -0.05) is 11.6 Å². The molecule has 3 heterocycles. The monoisotopic (exact) mass is 342 g/mol. The van der Waals surface area contributed by atoms with Crippen LogP contribution in [0, 0.1) is 0 Å². The number of aromatic nitrogens is 3. The van der Waals surface area contributed by atoms with E-state index in [1.54, 1.807) is 29.8 Å². The van der Waals surface area contributed by atoms with E-state index in [1.165, 1.54) is 13.2 Å². The van der Waals surface area contributed by atoms with Crippen molar-refractivity contribution in [3.05, 3.63) is 50.9 Å². The average molecular weight is 343 g/mol. The fraction of sp³-hybridized carbons (Fsp3) is 0.125. The molecule has 0 aliphatic carbocycles. The van der Waals surface area contributed by atoms with Gasteiger partial charge in [-0.25, -0.2) is 4.98 Å². The van der Waals surface area contributed by atoms with Crippen molar-refractivity contribution in [2.24, 2.45) is 7.05 Å². The Morgan fingerprint density at radius 2 is 1.75 bits per heavy atom. The number of carbonyl (C=O) groups is 2. The molecule has 0 fully saturated rings. The summed E-state index contributed by atoms with van der Waals surface area (Å²) in [5.74, 6) is -0.344. The molecule has 0 unspecified atom stereocenters. The number of nitrogens with zero attached hydrogens (tertiary/aromatic N) is 3. The van der Waals surface area contributed by atoms with Crippen molar-refractivity contribution in [3.8, 4) is 11.4 Å². The van der Waals surface area contributed by atoms with E-state index in [9.17, 15) is 14.4 Å². The zero-order valence-corrected chi connectivity index (χ0v) is 13.5. The Morgan fingerprint density at radius 1 is 1.08 bits per heavy atom. The summed E-state index contributed by atoms with van der Waals surface area (Å²) in [5, 5.41) is 0.275. The second kappa shape index (κ2) is 4.78. The molecular formula is C16H11ClN4O3. The van der Waals surface area contributed by atoms with E-state index in [-0.39, 0.29) is 28.0 Å². The summed E-state index contributed by atoms with van der Waals surface area (Å²) in [4.78, 5) is 44.5. The van der Waals surface area contributed by atoms with Gasteiger partial charge in [-0.05, 0) is 18.2 Å². The van der Waals surface area contributed by atoms with E-state index in [1.807, 2.05) is 0 Å². The standard InChI is InChI=1S/C16H11ClN4O3/c1-20-11-6-8-7(15(23)21(2)16(8)24)5-10(11)19-13(20)12-9(17)3-4-18-14(12)22/h3-6H,1-2H3,(H,18,22). The summed E-state index contributed by atoms with van der Waals surface area (Å²) in [7, 11) is 3.17. The Balaban J connectivity index is 2.03. The van der Waals surface area contributed by atoms with Gasteiger partial charge in [-0.3, -0.25) is 19.3 Å². The molecule has 4 rings (SSSR count). The number of benzene rings is 1. The molecule has 1 aliphatic heterocycles. The number of nitrogens with one attached hydrogen (secondary N) is 1. The second-order valence-electron chi connectivity index (χ2n) is 5.58. The Labute approximate surface area is 140 Å². The number of fused-ring (bicyclic) bond motifs is 2. The quantitative estimate of drug-likeness (QED) is 0.683. The third-order valence-electron chi connectivity index (χ3n) is 4.22. The molecule has 120 valence electrons. The predicted octanol–water partition coefficient (Wildman–Crippen LogP) is 1.81. The number of amides is 2. The lowest BCUT2D eigenvalue weighted by Crippen LogP contribution is -2.24. The summed E-state index contributed by atoms with van der Waals surface area (Å²) in [6, 6.07) is 4.76. The molecule has 0 spiro atoms. The molecule has 1 aromatic carbocycles. The van der Waals surface area contributed by atoms with E-state index < -0.39 is 0 Å². The molecule has 0 saturated carbocycles. The van der Waals surface area contributed by atoms with Gasteiger partial charge in [-0.15, -0.1) is 0 Å². The van der Waals surface area contributed by atoms with Crippen LogP contribution in [0.25, 0.3) is 22.4 Å². The minimum atomic E-state index is -0.361. The maximum atomic E-state index is 12.1. The molecule has 1 N–H and O–H groups in total. The highest BCUT2D eigenvalue weighted by Crippen LogP contribution is 2.30. The minimum absolute atomic E-state index is 0.243. The molecule has 0 radical (unpaired) electrons. The number of hydrogen-bond donors (Lipinski definition) is 1. The lowest BCUT2D eigenvalue weighted by Gasteiger charge is -2.04. The fourth-order valence-corrected chi connectivity index (χ4v) is 3.17. The molecule has 24 heavy (non-hydrogen) atoms. The van der Waals surface area contributed by atoms with Gasteiger partial charge in [-0.2, -0.15) is 0 Å². The summed E-state index contributed by atoms with van der Waals surface area (Å²) < 4.78 is 1.68. The molecule has 0 atom stereocenters. The molecule has 8 heteroatoms. The van der Waals surface area contributed by atoms with E-state index in [2.05, 4.69) is 9.97 Å². The van der Waals surface area contributed by atoms with Crippen molar-refractivity contribution in [2.45, 2.75) is 0 Å². The third kappa shape index (κ3) is 1.78. The number of hydrogen-bond acceptors (Lipinski definition) is 4. The highest BCUT2D eigenvalue weighted by molar-refractivity contribution is 6.33. The summed E-state index contributed by atoms with van der Waals surface area (Å²) in [6.45, 7) is 0. The van der Waals surface area contributed by atoms with Gasteiger partial charge >= 0.3 is 0 Å². The zero-order valence-electron chi connectivity index (χ0n) is 12.8. The van der Waals surface area contributed by atoms with Crippen LogP contribution in [-0.2, 0) is 7.05 Å². The number of imide groups is 1. The minimum Gasteiger partial charge on any atom is -0.328 e. The van der Waals surface area contributed by atoms with E-state index in [0.717, 1.165) is 4.90 Å². The van der Waals surface area contributed by atoms with Crippen LogP contribution >= 0.6 is 11.6 Å². The van der Waals surface area contributed by atoms with Crippen LogP contribution in [-0.4, -0.2) is 38.3 Å². The lowest BCUT2D eigenvalue weighted by atomic mass is 10.1. The Morgan fingerprint density at radius 3 is 2.42 bits per heavy atom. The molecule has 7 nitrogen and oxygen atoms in total. The normalized spacial score (nSPS) is 13.9. The molecule has 2 aromatic heterocycles. The van der Waals surface area contributed by atoms with Crippen LogP contribution in [0.5, 0.6) is 0 Å². The fourth-order valence-electron chi connectivity index (χ4n) is 2.93. The van der Waals surface area contributed by atoms with Gasteiger partial charge in [0.25, 0.3) is 17.4 Å². The zero-order chi connectivity index (χ0) is 17.2. The molecule has 0 bridgehead atoms. The van der Waals surface area contributed by atoms with Crippen molar-refractivity contribution < 1.29 is 9.59 Å². The molecule has 0 saturated heterocycles. The number of pyridine rings is 1. The Kier molecular flexibility index (Phi) is 2.92. The molecule has 1 aliphatic rings. The summed E-state index contributed by atoms with van der Waals surface area (Å²) in [6.07, 6.45) is 1.46. The number of rotatable bonds is 1. The lowest BCUT2D eigenvalue weighted by molar-refractivity contribution is 0.0693.